The van der Waals surface area contributed by atoms with Crippen LogP contribution >= 0.6 is 0 Å². The van der Waals surface area contributed by atoms with E-state index >= 15 is 0 Å². The molecule has 0 aromatic heterocycles. The van der Waals surface area contributed by atoms with Gasteiger partial charge in [-0.05, 0) is 36.3 Å². The molecule has 1 atom stereocenters. The first-order chi connectivity index (χ1) is 9.55. The van der Waals surface area contributed by atoms with Crippen LogP contribution in [-0.2, 0) is 6.42 Å². The van der Waals surface area contributed by atoms with Gasteiger partial charge in [0, 0.05) is 18.9 Å². The molecule has 1 unspecified atom stereocenters. The normalized spacial score (nSPS) is 20.8. The third-order valence-electron chi connectivity index (χ3n) is 4.26. The van der Waals surface area contributed by atoms with Crippen LogP contribution in [0.4, 0.5) is 8.78 Å². The van der Waals surface area contributed by atoms with Gasteiger partial charge in [-0.3, -0.25) is 11.3 Å². The molecule has 4 heteroatoms. The van der Waals surface area contributed by atoms with Crippen molar-refractivity contribution in [2.24, 2.45) is 11.8 Å². The van der Waals surface area contributed by atoms with Crippen molar-refractivity contribution < 1.29 is 8.78 Å². The number of alkyl halides is 2. The summed E-state index contributed by atoms with van der Waals surface area (Å²) in [6.45, 7) is 2.15. The number of aryl methyl sites for hydroxylation is 1. The molecule has 1 aromatic rings. The third-order valence-corrected chi connectivity index (χ3v) is 4.26. The molecule has 1 aromatic carbocycles. The fraction of sp³-hybridized carbons (Fsp3) is 0.625. The summed E-state index contributed by atoms with van der Waals surface area (Å²) in [6.07, 6.45) is 3.14. The lowest BCUT2D eigenvalue weighted by Gasteiger charge is -2.33. The fourth-order valence-electron chi connectivity index (χ4n) is 3.13. The zero-order chi connectivity index (χ0) is 14.6. The van der Waals surface area contributed by atoms with E-state index in [0.29, 0.717) is 12.8 Å². The molecule has 112 valence electrons. The summed E-state index contributed by atoms with van der Waals surface area (Å²) < 4.78 is 26.5. The Morgan fingerprint density at radius 2 is 2.05 bits per heavy atom. The molecule has 0 radical (unpaired) electrons. The molecule has 0 saturated heterocycles. The van der Waals surface area contributed by atoms with Crippen LogP contribution in [-0.4, -0.2) is 5.92 Å². The standard InChI is InChI=1S/C16H24F2N2/c1-2-4-12-5-3-6-14(11-12)15(20-19)13-7-9-16(17,18)10-8-13/h3,5-6,11,13,15,20H,2,4,7-10,19H2,1H3. The van der Waals surface area contributed by atoms with E-state index in [1.54, 1.807) is 0 Å². The van der Waals surface area contributed by atoms with E-state index in [-0.39, 0.29) is 24.8 Å². The molecular formula is C16H24F2N2. The average Bonchev–Trinajstić information content (AvgIpc) is 2.42. The highest BCUT2D eigenvalue weighted by molar-refractivity contribution is 5.26. The summed E-state index contributed by atoms with van der Waals surface area (Å²) in [6, 6.07) is 8.30. The minimum absolute atomic E-state index is 0.0233. The van der Waals surface area contributed by atoms with Crippen molar-refractivity contribution in [1.29, 1.82) is 0 Å². The predicted octanol–water partition coefficient (Wildman–Crippen LogP) is 3.97. The molecule has 1 fully saturated rings. The lowest BCUT2D eigenvalue weighted by Crippen LogP contribution is -2.37. The summed E-state index contributed by atoms with van der Waals surface area (Å²) >= 11 is 0. The maximum Gasteiger partial charge on any atom is 0.248 e. The zero-order valence-corrected chi connectivity index (χ0v) is 12.0. The minimum Gasteiger partial charge on any atom is -0.271 e. The smallest absolute Gasteiger partial charge is 0.248 e. The number of nitrogens with two attached hydrogens (primary N) is 1. The van der Waals surface area contributed by atoms with E-state index in [2.05, 4.69) is 24.5 Å². The van der Waals surface area contributed by atoms with Gasteiger partial charge in [-0.1, -0.05) is 37.6 Å². The van der Waals surface area contributed by atoms with Gasteiger partial charge in [0.05, 0.1) is 0 Å². The zero-order valence-electron chi connectivity index (χ0n) is 12.0. The van der Waals surface area contributed by atoms with Crippen molar-refractivity contribution in [3.05, 3.63) is 35.4 Å². The topological polar surface area (TPSA) is 38.0 Å². The molecule has 1 saturated carbocycles. The molecule has 1 aliphatic carbocycles. The maximum atomic E-state index is 13.3. The Morgan fingerprint density at radius 3 is 2.65 bits per heavy atom. The summed E-state index contributed by atoms with van der Waals surface area (Å²) in [5, 5.41) is 0. The Kier molecular flexibility index (Phi) is 5.11. The molecule has 2 rings (SSSR count). The van der Waals surface area contributed by atoms with Crippen LogP contribution in [0.5, 0.6) is 0 Å². The van der Waals surface area contributed by atoms with E-state index in [9.17, 15) is 8.78 Å². The third kappa shape index (κ3) is 3.76. The first-order valence-electron chi connectivity index (χ1n) is 7.48. The molecule has 1 aliphatic rings. The monoisotopic (exact) mass is 282 g/mol. The van der Waals surface area contributed by atoms with E-state index < -0.39 is 5.92 Å². The largest absolute Gasteiger partial charge is 0.271 e. The van der Waals surface area contributed by atoms with Crippen molar-refractivity contribution in [2.45, 2.75) is 57.4 Å². The first-order valence-corrected chi connectivity index (χ1v) is 7.48. The highest BCUT2D eigenvalue weighted by Crippen LogP contribution is 2.41. The number of benzene rings is 1. The lowest BCUT2D eigenvalue weighted by molar-refractivity contribution is -0.0497. The van der Waals surface area contributed by atoms with Gasteiger partial charge < -0.3 is 0 Å². The van der Waals surface area contributed by atoms with Gasteiger partial charge in [0.15, 0.2) is 0 Å². The Morgan fingerprint density at radius 1 is 1.35 bits per heavy atom. The Labute approximate surface area is 119 Å². The number of hydrazine groups is 1. The van der Waals surface area contributed by atoms with E-state index in [0.717, 1.165) is 18.4 Å². The van der Waals surface area contributed by atoms with Crippen LogP contribution in [0.3, 0.4) is 0 Å². The Bertz CT molecular complexity index is 424. The molecule has 0 spiro atoms. The van der Waals surface area contributed by atoms with Crippen LogP contribution < -0.4 is 11.3 Å². The number of hydrogen-bond donors (Lipinski definition) is 2. The lowest BCUT2D eigenvalue weighted by atomic mass is 9.79. The van der Waals surface area contributed by atoms with Crippen molar-refractivity contribution in [2.75, 3.05) is 0 Å². The molecule has 0 heterocycles. The van der Waals surface area contributed by atoms with Crippen molar-refractivity contribution in [1.82, 2.24) is 5.43 Å². The second kappa shape index (κ2) is 6.64. The number of rotatable bonds is 5. The van der Waals surface area contributed by atoms with Gasteiger partial charge in [-0.2, -0.15) is 0 Å². The highest BCUT2D eigenvalue weighted by Gasteiger charge is 2.37. The van der Waals surface area contributed by atoms with E-state index in [1.807, 2.05) is 12.1 Å². The molecule has 0 aliphatic heterocycles. The van der Waals surface area contributed by atoms with E-state index in [1.165, 1.54) is 5.56 Å². The van der Waals surface area contributed by atoms with E-state index in [4.69, 9.17) is 5.84 Å². The predicted molar refractivity (Wildman–Crippen MR) is 77.4 cm³/mol. The Hall–Kier alpha value is -1.00. The quantitative estimate of drug-likeness (QED) is 0.633. The molecule has 0 amide bonds. The average molecular weight is 282 g/mol. The number of nitrogens with one attached hydrogen (secondary N) is 1. The highest BCUT2D eigenvalue weighted by atomic mass is 19.3. The SMILES string of the molecule is CCCc1cccc(C(NN)C2CCC(F)(F)CC2)c1. The molecular weight excluding hydrogens is 258 g/mol. The van der Waals surface area contributed by atoms with Gasteiger partial charge >= 0.3 is 0 Å². The second-order valence-electron chi connectivity index (χ2n) is 5.83. The van der Waals surface area contributed by atoms with Gasteiger partial charge in [0.1, 0.15) is 0 Å². The van der Waals surface area contributed by atoms with Gasteiger partial charge in [0.2, 0.25) is 5.92 Å². The molecule has 20 heavy (non-hydrogen) atoms. The molecule has 3 N–H and O–H groups in total. The number of hydrogen-bond acceptors (Lipinski definition) is 2. The molecule has 2 nitrogen and oxygen atoms in total. The Balaban J connectivity index is 2.10. The van der Waals surface area contributed by atoms with Crippen LogP contribution in [0.2, 0.25) is 0 Å². The van der Waals surface area contributed by atoms with Crippen LogP contribution in [0.15, 0.2) is 24.3 Å². The summed E-state index contributed by atoms with van der Waals surface area (Å²) in [5.41, 5.74) is 5.24. The van der Waals surface area contributed by atoms with Crippen molar-refractivity contribution in [3.63, 3.8) is 0 Å². The van der Waals surface area contributed by atoms with Crippen LogP contribution in [0, 0.1) is 5.92 Å². The van der Waals surface area contributed by atoms with Gasteiger partial charge in [0.25, 0.3) is 0 Å². The second-order valence-corrected chi connectivity index (χ2v) is 5.83. The first kappa shape index (κ1) is 15.4. The van der Waals surface area contributed by atoms with Gasteiger partial charge in [-0.25, -0.2) is 8.78 Å². The van der Waals surface area contributed by atoms with Crippen LogP contribution in [0.1, 0.15) is 56.2 Å². The van der Waals surface area contributed by atoms with Gasteiger partial charge in [-0.15, -0.1) is 0 Å². The summed E-state index contributed by atoms with van der Waals surface area (Å²) in [5.74, 6) is 3.39. The minimum atomic E-state index is -2.49. The van der Waals surface area contributed by atoms with Crippen LogP contribution in [0.25, 0.3) is 0 Å². The summed E-state index contributed by atoms with van der Waals surface area (Å²) in [4.78, 5) is 0. The fourth-order valence-corrected chi connectivity index (χ4v) is 3.13. The maximum absolute atomic E-state index is 13.3. The van der Waals surface area contributed by atoms with Crippen molar-refractivity contribution >= 4 is 0 Å². The van der Waals surface area contributed by atoms with Crippen molar-refractivity contribution in [3.8, 4) is 0 Å². The summed E-state index contributed by atoms with van der Waals surface area (Å²) in [7, 11) is 0. The molecule has 0 bridgehead atoms. The number of halogens is 2.